The Balaban J connectivity index is 4.55. The van der Waals surface area contributed by atoms with Crippen molar-refractivity contribution in [2.45, 2.75) is 193 Å². The van der Waals surface area contributed by atoms with Crippen LogP contribution >= 0.6 is 7.82 Å². The molecule has 1 amide bonds. The minimum absolute atomic E-state index is 0.0509. The van der Waals surface area contributed by atoms with Crippen LogP contribution in [0, 0.1) is 0 Å². The van der Waals surface area contributed by atoms with E-state index < -0.39 is 20.0 Å². The molecule has 54 heavy (non-hydrogen) atoms. The first-order chi connectivity index (χ1) is 26.0. The lowest BCUT2D eigenvalue weighted by Gasteiger charge is -2.25. The normalized spacial score (nSPS) is 14.9. The molecule has 0 aromatic carbocycles. The zero-order chi connectivity index (χ0) is 40.0. The van der Waals surface area contributed by atoms with Crippen molar-refractivity contribution >= 4 is 13.7 Å². The molecule has 3 atom stereocenters. The second-order valence-corrected chi connectivity index (χ2v) is 17.5. The van der Waals surface area contributed by atoms with Crippen LogP contribution in [-0.2, 0) is 18.4 Å². The maximum atomic E-state index is 12.8. The molecule has 0 aliphatic heterocycles. The van der Waals surface area contributed by atoms with E-state index in [1.165, 1.54) is 103 Å². The van der Waals surface area contributed by atoms with Crippen LogP contribution in [0.25, 0.3) is 0 Å². The predicted octanol–water partition coefficient (Wildman–Crippen LogP) is 12.1. The maximum Gasteiger partial charge on any atom is 0.472 e. The molecule has 0 aromatic rings. The number of aliphatic hydroxyl groups excluding tert-OH is 1. The van der Waals surface area contributed by atoms with Crippen LogP contribution in [0.3, 0.4) is 0 Å². The van der Waals surface area contributed by atoms with Crippen LogP contribution in [0.5, 0.6) is 0 Å². The van der Waals surface area contributed by atoms with Gasteiger partial charge in [0, 0.05) is 6.42 Å². The van der Waals surface area contributed by atoms with E-state index in [0.717, 1.165) is 57.8 Å². The summed E-state index contributed by atoms with van der Waals surface area (Å²) in [6, 6.07) is -0.872. The topological polar surface area (TPSA) is 105 Å². The molecule has 0 rings (SSSR count). The quantitative estimate of drug-likeness (QED) is 0.0248. The molecule has 8 nitrogen and oxygen atoms in total. The first kappa shape index (κ1) is 52.5. The second-order valence-electron chi connectivity index (χ2n) is 16.0. The van der Waals surface area contributed by atoms with Crippen molar-refractivity contribution in [3.05, 3.63) is 48.6 Å². The number of nitrogens with zero attached hydrogens (tertiary/aromatic N) is 1. The van der Waals surface area contributed by atoms with Gasteiger partial charge in [0.25, 0.3) is 0 Å². The van der Waals surface area contributed by atoms with Crippen LogP contribution < -0.4 is 5.32 Å². The summed E-state index contributed by atoms with van der Waals surface area (Å²) in [5, 5.41) is 13.8. The summed E-state index contributed by atoms with van der Waals surface area (Å²) in [5.41, 5.74) is 0. The van der Waals surface area contributed by atoms with Gasteiger partial charge in [0.1, 0.15) is 13.2 Å². The minimum atomic E-state index is -4.35. The van der Waals surface area contributed by atoms with Gasteiger partial charge < -0.3 is 19.8 Å². The van der Waals surface area contributed by atoms with Crippen molar-refractivity contribution in [1.82, 2.24) is 5.32 Å². The molecule has 0 heterocycles. The van der Waals surface area contributed by atoms with Crippen molar-refractivity contribution < 1.29 is 32.9 Å². The van der Waals surface area contributed by atoms with E-state index in [-0.39, 0.29) is 19.1 Å². The highest BCUT2D eigenvalue weighted by Gasteiger charge is 2.27. The number of allylic oxidation sites excluding steroid dienone is 7. The molecule has 0 aliphatic carbocycles. The highest BCUT2D eigenvalue weighted by atomic mass is 31.2. The van der Waals surface area contributed by atoms with Gasteiger partial charge in [0.15, 0.2) is 0 Å². The van der Waals surface area contributed by atoms with Gasteiger partial charge in [0.2, 0.25) is 5.91 Å². The fraction of sp³-hybridized carbons (Fsp3) is 0.800. The highest BCUT2D eigenvalue weighted by molar-refractivity contribution is 7.47. The van der Waals surface area contributed by atoms with E-state index in [0.29, 0.717) is 17.4 Å². The number of amides is 1. The smallest absolute Gasteiger partial charge is 0.387 e. The van der Waals surface area contributed by atoms with Crippen LogP contribution in [0.15, 0.2) is 48.6 Å². The number of hydrogen-bond donors (Lipinski definition) is 3. The van der Waals surface area contributed by atoms with Gasteiger partial charge in [-0.25, -0.2) is 4.57 Å². The second kappa shape index (κ2) is 37.1. The van der Waals surface area contributed by atoms with Crippen molar-refractivity contribution in [2.24, 2.45) is 0 Å². The summed E-state index contributed by atoms with van der Waals surface area (Å²) in [6.45, 7) is 4.75. The number of likely N-dealkylation sites (N-methyl/N-ethyl adjacent to an activating group) is 1. The predicted molar refractivity (Wildman–Crippen MR) is 231 cm³/mol. The summed E-state index contributed by atoms with van der Waals surface area (Å²) in [6.07, 6.45) is 46.1. The van der Waals surface area contributed by atoms with Gasteiger partial charge in [-0.3, -0.25) is 13.8 Å². The number of unbranched alkanes of at least 4 members (excludes halogenated alkanes) is 20. The Morgan fingerprint density at radius 3 is 1.48 bits per heavy atom. The van der Waals surface area contributed by atoms with Crippen LogP contribution in [0.4, 0.5) is 0 Å². The number of rotatable bonds is 39. The molecule has 9 heteroatoms. The third-order valence-corrected chi connectivity index (χ3v) is 10.5. The van der Waals surface area contributed by atoms with Gasteiger partial charge in [-0.05, 0) is 70.6 Å². The van der Waals surface area contributed by atoms with Crippen LogP contribution in [0.1, 0.15) is 181 Å². The lowest BCUT2D eigenvalue weighted by atomic mass is 10.1. The van der Waals surface area contributed by atoms with Gasteiger partial charge >= 0.3 is 7.82 Å². The molecule has 3 unspecified atom stereocenters. The highest BCUT2D eigenvalue weighted by Crippen LogP contribution is 2.43. The number of carbonyl (C=O) groups excluding carboxylic acids is 1. The Hall–Kier alpha value is -1.54. The Morgan fingerprint density at radius 2 is 1.02 bits per heavy atom. The molecule has 316 valence electrons. The third-order valence-electron chi connectivity index (χ3n) is 9.50. The van der Waals surface area contributed by atoms with Gasteiger partial charge in [0.05, 0.1) is 39.9 Å². The monoisotopic (exact) mass is 782 g/mol. The average Bonchev–Trinajstić information content (AvgIpc) is 3.12. The summed E-state index contributed by atoms with van der Waals surface area (Å²) < 4.78 is 23.5. The minimum Gasteiger partial charge on any atom is -0.387 e. The van der Waals surface area contributed by atoms with E-state index in [4.69, 9.17) is 9.05 Å². The zero-order valence-corrected chi connectivity index (χ0v) is 36.6. The number of carbonyl (C=O) groups is 1. The summed E-state index contributed by atoms with van der Waals surface area (Å²) in [4.78, 5) is 23.1. The van der Waals surface area contributed by atoms with E-state index in [9.17, 15) is 19.4 Å². The number of hydrogen-bond acceptors (Lipinski definition) is 5. The Labute approximate surface area is 333 Å². The van der Waals surface area contributed by atoms with E-state index in [1.807, 2.05) is 27.2 Å². The Kier molecular flexibility index (Phi) is 36.0. The molecule has 0 bridgehead atoms. The van der Waals surface area contributed by atoms with Crippen LogP contribution in [-0.4, -0.2) is 73.4 Å². The van der Waals surface area contributed by atoms with E-state index in [1.54, 1.807) is 6.08 Å². The van der Waals surface area contributed by atoms with Crippen molar-refractivity contribution in [3.8, 4) is 0 Å². The molecular weight excluding hydrogens is 695 g/mol. The fourth-order valence-electron chi connectivity index (χ4n) is 5.95. The SMILES string of the molecule is CCCCCCCC/C=C\CCCCCCCC(=O)NC(COP(=O)(O)OCC[N+](C)(C)C)C(O)/C=C/CC/C=C/CC/C=C/CCCCCCCCC. The molecule has 0 saturated heterocycles. The maximum absolute atomic E-state index is 12.8. The number of phosphoric acid groups is 1. The van der Waals surface area contributed by atoms with Crippen molar-refractivity contribution in [1.29, 1.82) is 0 Å². The Bertz CT molecular complexity index is 1020. The zero-order valence-electron chi connectivity index (χ0n) is 35.7. The fourth-order valence-corrected chi connectivity index (χ4v) is 6.68. The van der Waals surface area contributed by atoms with E-state index >= 15 is 0 Å². The molecular formula is C45H86N2O6P+. The molecule has 0 saturated carbocycles. The number of nitrogens with one attached hydrogen (secondary N) is 1. The van der Waals surface area contributed by atoms with Gasteiger partial charge in [-0.2, -0.15) is 0 Å². The van der Waals surface area contributed by atoms with Gasteiger partial charge in [-0.1, -0.05) is 152 Å². The molecule has 0 radical (unpaired) electrons. The van der Waals surface area contributed by atoms with Gasteiger partial charge in [-0.15, -0.1) is 0 Å². The largest absolute Gasteiger partial charge is 0.472 e. The average molecular weight is 782 g/mol. The Morgan fingerprint density at radius 1 is 0.611 bits per heavy atom. The summed E-state index contributed by atoms with van der Waals surface area (Å²) in [5.74, 6) is -0.202. The van der Waals surface area contributed by atoms with Crippen molar-refractivity contribution in [3.63, 3.8) is 0 Å². The first-order valence-electron chi connectivity index (χ1n) is 22.0. The standard InChI is InChI=1S/C45H85N2O6P/c1-6-8-10-12-14-16-18-20-22-23-25-26-28-30-32-34-36-38-44(48)43(42-53-54(50,51)52-41-40-47(3,4)5)46-45(49)39-37-35-33-31-29-27-24-21-19-17-15-13-11-9-7-2/h21-24,28,30,36,38,43-44,48H,6-20,25-27,29,31-35,37,39-42H2,1-5H3,(H-,46,49,50,51)/p+1/b23-22+,24-21-,30-28+,38-36+. The molecule has 0 fully saturated rings. The third kappa shape index (κ3) is 38.7. The summed E-state index contributed by atoms with van der Waals surface area (Å²) in [7, 11) is 1.54. The number of phosphoric ester groups is 1. The molecule has 0 aromatic heterocycles. The lowest BCUT2D eigenvalue weighted by Crippen LogP contribution is -2.45. The molecule has 3 N–H and O–H groups in total. The number of quaternary nitrogens is 1. The van der Waals surface area contributed by atoms with Crippen molar-refractivity contribution in [2.75, 3.05) is 40.9 Å². The van der Waals surface area contributed by atoms with E-state index in [2.05, 4.69) is 55.6 Å². The summed E-state index contributed by atoms with van der Waals surface area (Å²) >= 11 is 0. The lowest BCUT2D eigenvalue weighted by molar-refractivity contribution is -0.870. The first-order valence-corrected chi connectivity index (χ1v) is 23.5. The number of aliphatic hydroxyl groups is 1. The molecule has 0 aliphatic rings. The molecule has 0 spiro atoms. The van der Waals surface area contributed by atoms with Crippen LogP contribution in [0.2, 0.25) is 0 Å².